The van der Waals surface area contributed by atoms with E-state index in [1.165, 1.54) is 50.6 Å². The summed E-state index contributed by atoms with van der Waals surface area (Å²) in [4.78, 5) is 7.04. The van der Waals surface area contributed by atoms with Crippen molar-refractivity contribution in [2.24, 2.45) is 23.2 Å². The molecule has 4 bridgehead atoms. The van der Waals surface area contributed by atoms with Gasteiger partial charge in [0, 0.05) is 13.0 Å². The molecule has 4 fully saturated rings. The second-order valence-corrected chi connectivity index (χ2v) is 9.36. The third-order valence-electron chi connectivity index (χ3n) is 6.89. The number of nitrogens with zero attached hydrogens (tertiary/aromatic N) is 3. The van der Waals surface area contributed by atoms with E-state index in [1.54, 1.807) is 0 Å². The summed E-state index contributed by atoms with van der Waals surface area (Å²) in [6, 6.07) is 10.3. The van der Waals surface area contributed by atoms with Gasteiger partial charge in [0.2, 0.25) is 5.89 Å². The van der Waals surface area contributed by atoms with Crippen molar-refractivity contribution in [3.05, 3.63) is 47.6 Å². The highest BCUT2D eigenvalue weighted by molar-refractivity contribution is 5.18. The molecular formula is C22H29N3O. The van der Waals surface area contributed by atoms with Crippen LogP contribution in [0.15, 0.2) is 34.9 Å². The van der Waals surface area contributed by atoms with Crippen LogP contribution < -0.4 is 0 Å². The first kappa shape index (κ1) is 16.5. The third-order valence-corrected chi connectivity index (χ3v) is 6.89. The lowest BCUT2D eigenvalue weighted by atomic mass is 9.49. The normalized spacial score (nSPS) is 32.5. The summed E-state index contributed by atoms with van der Waals surface area (Å²) in [6.07, 6.45) is 9.62. The van der Waals surface area contributed by atoms with E-state index in [2.05, 4.69) is 46.4 Å². The highest BCUT2D eigenvalue weighted by Gasteiger charge is 2.51. The molecule has 0 spiro atoms. The van der Waals surface area contributed by atoms with Gasteiger partial charge in [0.1, 0.15) is 0 Å². The highest BCUT2D eigenvalue weighted by Crippen LogP contribution is 2.60. The molecule has 6 rings (SSSR count). The molecule has 0 atom stereocenters. The summed E-state index contributed by atoms with van der Waals surface area (Å²) in [5.74, 6) is 4.57. The molecule has 0 radical (unpaired) electrons. The number of hydrogen-bond donors (Lipinski definition) is 0. The van der Waals surface area contributed by atoms with Gasteiger partial charge >= 0.3 is 0 Å². The molecule has 26 heavy (non-hydrogen) atoms. The summed E-state index contributed by atoms with van der Waals surface area (Å²) in [7, 11) is 2.22. The molecule has 1 aromatic carbocycles. The molecule has 4 aliphatic carbocycles. The quantitative estimate of drug-likeness (QED) is 0.778. The zero-order valence-electron chi connectivity index (χ0n) is 15.7. The lowest BCUT2D eigenvalue weighted by molar-refractivity contribution is -0.0677. The number of benzene rings is 1. The van der Waals surface area contributed by atoms with Crippen molar-refractivity contribution in [3.63, 3.8) is 0 Å². The zero-order valence-corrected chi connectivity index (χ0v) is 15.7. The van der Waals surface area contributed by atoms with Gasteiger partial charge in [-0.2, -0.15) is 4.98 Å². The Labute approximate surface area is 156 Å². The Morgan fingerprint density at radius 1 is 1.04 bits per heavy atom. The van der Waals surface area contributed by atoms with Crippen LogP contribution in [-0.4, -0.2) is 28.6 Å². The first-order chi connectivity index (χ1) is 12.7. The van der Waals surface area contributed by atoms with Gasteiger partial charge in [-0.05, 0) is 74.3 Å². The SMILES string of the molecule is CN(Cc1nc(Cc2ccccc2)no1)CC12CC3CC(CC(C3)C1)C2. The minimum atomic E-state index is 0.566. The van der Waals surface area contributed by atoms with Gasteiger partial charge in [-0.1, -0.05) is 35.5 Å². The predicted octanol–water partition coefficient (Wildman–Crippen LogP) is 4.31. The maximum absolute atomic E-state index is 5.53. The van der Waals surface area contributed by atoms with Crippen molar-refractivity contribution in [1.82, 2.24) is 15.0 Å². The van der Waals surface area contributed by atoms with Crippen molar-refractivity contribution in [1.29, 1.82) is 0 Å². The van der Waals surface area contributed by atoms with Gasteiger partial charge in [0.15, 0.2) is 5.82 Å². The van der Waals surface area contributed by atoms with E-state index in [0.717, 1.165) is 42.4 Å². The van der Waals surface area contributed by atoms with Crippen LogP contribution in [0, 0.1) is 23.2 Å². The molecular weight excluding hydrogens is 322 g/mol. The Morgan fingerprint density at radius 2 is 1.69 bits per heavy atom. The van der Waals surface area contributed by atoms with Gasteiger partial charge < -0.3 is 4.52 Å². The second kappa shape index (κ2) is 6.49. The number of hydrogen-bond acceptors (Lipinski definition) is 4. The Kier molecular flexibility index (Phi) is 4.11. The summed E-state index contributed by atoms with van der Waals surface area (Å²) in [6.45, 7) is 1.95. The molecule has 138 valence electrons. The molecule has 4 saturated carbocycles. The summed E-state index contributed by atoms with van der Waals surface area (Å²) in [5.41, 5.74) is 1.79. The Hall–Kier alpha value is -1.68. The Bertz CT molecular complexity index is 718. The lowest BCUT2D eigenvalue weighted by Crippen LogP contribution is -2.50. The fourth-order valence-corrected chi connectivity index (χ4v) is 6.55. The third kappa shape index (κ3) is 3.32. The predicted molar refractivity (Wildman–Crippen MR) is 100 cm³/mol. The molecule has 1 heterocycles. The monoisotopic (exact) mass is 351 g/mol. The lowest BCUT2D eigenvalue weighted by Gasteiger charge is -2.57. The fraction of sp³-hybridized carbons (Fsp3) is 0.636. The Balaban J connectivity index is 1.20. The van der Waals surface area contributed by atoms with Gasteiger partial charge in [-0.15, -0.1) is 0 Å². The van der Waals surface area contributed by atoms with Gasteiger partial charge in [-0.25, -0.2) is 0 Å². The van der Waals surface area contributed by atoms with Crippen LogP contribution in [0.1, 0.15) is 55.8 Å². The largest absolute Gasteiger partial charge is 0.338 e. The van der Waals surface area contributed by atoms with Crippen molar-refractivity contribution in [2.45, 2.75) is 51.5 Å². The van der Waals surface area contributed by atoms with Crippen molar-refractivity contribution >= 4 is 0 Å². The average Bonchev–Trinajstić information content (AvgIpc) is 3.00. The number of rotatable bonds is 6. The summed E-state index contributed by atoms with van der Waals surface area (Å²) < 4.78 is 5.53. The van der Waals surface area contributed by atoms with Crippen LogP contribution in [0.5, 0.6) is 0 Å². The smallest absolute Gasteiger partial charge is 0.240 e. The van der Waals surface area contributed by atoms with E-state index in [0.29, 0.717) is 5.41 Å². The van der Waals surface area contributed by atoms with Crippen LogP contribution in [0.25, 0.3) is 0 Å². The van der Waals surface area contributed by atoms with Crippen molar-refractivity contribution < 1.29 is 4.52 Å². The van der Waals surface area contributed by atoms with E-state index >= 15 is 0 Å². The van der Waals surface area contributed by atoms with E-state index in [-0.39, 0.29) is 0 Å². The molecule has 0 unspecified atom stereocenters. The van der Waals surface area contributed by atoms with Crippen LogP contribution in [-0.2, 0) is 13.0 Å². The average molecular weight is 351 g/mol. The molecule has 0 aliphatic heterocycles. The summed E-state index contributed by atoms with van der Waals surface area (Å²) in [5, 5.41) is 4.18. The van der Waals surface area contributed by atoms with E-state index in [9.17, 15) is 0 Å². The van der Waals surface area contributed by atoms with Crippen molar-refractivity contribution in [3.8, 4) is 0 Å². The minimum Gasteiger partial charge on any atom is -0.338 e. The van der Waals surface area contributed by atoms with E-state index in [1.807, 2.05) is 6.07 Å². The molecule has 0 amide bonds. The molecule has 2 aromatic rings. The summed E-state index contributed by atoms with van der Waals surface area (Å²) >= 11 is 0. The minimum absolute atomic E-state index is 0.566. The van der Waals surface area contributed by atoms with E-state index < -0.39 is 0 Å². The van der Waals surface area contributed by atoms with Gasteiger partial charge in [0.25, 0.3) is 0 Å². The number of aromatic nitrogens is 2. The maximum Gasteiger partial charge on any atom is 0.240 e. The molecule has 4 nitrogen and oxygen atoms in total. The molecule has 0 saturated heterocycles. The standard InChI is InChI=1S/C22H29N3O/c1-25(15-22-11-17-7-18(12-22)9-19(8-17)13-22)14-21-23-20(24-26-21)10-16-5-3-2-4-6-16/h2-6,17-19H,7-15H2,1H3. The first-order valence-electron chi connectivity index (χ1n) is 10.2. The molecule has 4 heteroatoms. The highest BCUT2D eigenvalue weighted by atomic mass is 16.5. The molecule has 1 aromatic heterocycles. The van der Waals surface area contributed by atoms with Crippen LogP contribution in [0.3, 0.4) is 0 Å². The van der Waals surface area contributed by atoms with Gasteiger partial charge in [-0.3, -0.25) is 4.90 Å². The maximum atomic E-state index is 5.53. The van der Waals surface area contributed by atoms with Crippen LogP contribution in [0.4, 0.5) is 0 Å². The van der Waals surface area contributed by atoms with Crippen molar-refractivity contribution in [2.75, 3.05) is 13.6 Å². The second-order valence-electron chi connectivity index (χ2n) is 9.36. The molecule has 0 N–H and O–H groups in total. The fourth-order valence-electron chi connectivity index (χ4n) is 6.55. The zero-order chi connectivity index (χ0) is 17.6. The van der Waals surface area contributed by atoms with Crippen LogP contribution in [0.2, 0.25) is 0 Å². The molecule has 4 aliphatic rings. The topological polar surface area (TPSA) is 42.2 Å². The van der Waals surface area contributed by atoms with Crippen LogP contribution >= 0.6 is 0 Å². The first-order valence-corrected chi connectivity index (χ1v) is 10.2. The van der Waals surface area contributed by atoms with E-state index in [4.69, 9.17) is 4.52 Å². The van der Waals surface area contributed by atoms with Gasteiger partial charge in [0.05, 0.1) is 6.54 Å². The Morgan fingerprint density at radius 3 is 2.35 bits per heavy atom.